The third kappa shape index (κ3) is 4.27. The van der Waals surface area contributed by atoms with Crippen LogP contribution in [0, 0.1) is 13.8 Å². The van der Waals surface area contributed by atoms with E-state index in [1.165, 1.54) is 12.1 Å². The van der Waals surface area contributed by atoms with Crippen molar-refractivity contribution < 1.29 is 27.5 Å². The summed E-state index contributed by atoms with van der Waals surface area (Å²) in [5, 5.41) is 5.28. The minimum atomic E-state index is -4.40. The van der Waals surface area contributed by atoms with Crippen LogP contribution in [0.4, 0.5) is 13.2 Å². The van der Waals surface area contributed by atoms with E-state index in [1.54, 1.807) is 12.1 Å². The first-order valence-corrected chi connectivity index (χ1v) is 8.65. The molecule has 0 bridgehead atoms. The van der Waals surface area contributed by atoms with Crippen LogP contribution in [-0.4, -0.2) is 24.5 Å². The van der Waals surface area contributed by atoms with Crippen molar-refractivity contribution in [3.8, 4) is 5.75 Å². The van der Waals surface area contributed by atoms with E-state index in [0.717, 1.165) is 23.3 Å². The lowest BCUT2D eigenvalue weighted by Crippen LogP contribution is -2.44. The maximum Gasteiger partial charge on any atom is 0.416 e. The van der Waals surface area contributed by atoms with Gasteiger partial charge in [-0.2, -0.15) is 13.2 Å². The van der Waals surface area contributed by atoms with Gasteiger partial charge in [0.05, 0.1) is 17.7 Å². The standard InChI is InChI=1S/C20H19F3N2O3/c1-11-7-15-16(8-12(11)2)28-17(10-25-18(15)26)19(27)24-9-13-3-5-14(6-4-13)20(21,22)23/h3-8,17H,9-10H2,1-2H3,(H,24,27)(H,25,26)/t17-/m0/s1. The van der Waals surface area contributed by atoms with Gasteiger partial charge in [-0.25, -0.2) is 0 Å². The van der Waals surface area contributed by atoms with Crippen molar-refractivity contribution in [2.75, 3.05) is 6.54 Å². The lowest BCUT2D eigenvalue weighted by atomic mass is 10.0. The number of hydrogen-bond acceptors (Lipinski definition) is 3. The van der Waals surface area contributed by atoms with E-state index in [2.05, 4.69) is 10.6 Å². The van der Waals surface area contributed by atoms with Crippen LogP contribution < -0.4 is 15.4 Å². The average Bonchev–Trinajstić information content (AvgIpc) is 2.79. The SMILES string of the molecule is Cc1cc2c(cc1C)C(=O)NC[C@@H](C(=O)NCc1ccc(C(F)(F)F)cc1)O2. The van der Waals surface area contributed by atoms with E-state index in [-0.39, 0.29) is 19.0 Å². The van der Waals surface area contributed by atoms with Crippen LogP contribution in [0.5, 0.6) is 5.75 Å². The van der Waals surface area contributed by atoms with Gasteiger partial charge in [0.2, 0.25) is 0 Å². The predicted octanol–water partition coefficient (Wildman–Crippen LogP) is 3.13. The van der Waals surface area contributed by atoms with Gasteiger partial charge in [0.1, 0.15) is 5.75 Å². The molecule has 0 saturated carbocycles. The number of alkyl halides is 3. The second kappa shape index (κ2) is 7.53. The Labute approximate surface area is 159 Å². The summed E-state index contributed by atoms with van der Waals surface area (Å²) < 4.78 is 43.5. The van der Waals surface area contributed by atoms with E-state index in [9.17, 15) is 22.8 Å². The number of carbonyl (C=O) groups excluding carboxylic acids is 2. The van der Waals surface area contributed by atoms with Gasteiger partial charge in [-0.1, -0.05) is 12.1 Å². The summed E-state index contributed by atoms with van der Waals surface area (Å²) in [6.45, 7) is 3.79. The highest BCUT2D eigenvalue weighted by Gasteiger charge is 2.30. The molecule has 148 valence electrons. The smallest absolute Gasteiger partial charge is 0.416 e. The molecule has 1 aliphatic heterocycles. The first-order chi connectivity index (χ1) is 13.1. The highest BCUT2D eigenvalue weighted by atomic mass is 19.4. The van der Waals surface area contributed by atoms with Gasteiger partial charge >= 0.3 is 6.18 Å². The molecular weight excluding hydrogens is 373 g/mol. The quantitative estimate of drug-likeness (QED) is 0.844. The number of aryl methyl sites for hydroxylation is 2. The van der Waals surface area contributed by atoms with Crippen LogP contribution in [-0.2, 0) is 17.5 Å². The van der Waals surface area contributed by atoms with Crippen LogP contribution >= 0.6 is 0 Å². The molecule has 0 radical (unpaired) electrons. The summed E-state index contributed by atoms with van der Waals surface area (Å²) in [4.78, 5) is 24.7. The molecule has 0 aliphatic carbocycles. The highest BCUT2D eigenvalue weighted by molar-refractivity contribution is 5.98. The van der Waals surface area contributed by atoms with E-state index in [4.69, 9.17) is 4.74 Å². The molecule has 8 heteroatoms. The zero-order valence-corrected chi connectivity index (χ0v) is 15.3. The number of nitrogens with one attached hydrogen (secondary N) is 2. The molecule has 1 atom stereocenters. The van der Waals surface area contributed by atoms with E-state index < -0.39 is 23.8 Å². The number of carbonyl (C=O) groups is 2. The molecule has 28 heavy (non-hydrogen) atoms. The molecule has 0 fully saturated rings. The van der Waals surface area contributed by atoms with Crippen molar-refractivity contribution >= 4 is 11.8 Å². The van der Waals surface area contributed by atoms with Gasteiger partial charge < -0.3 is 15.4 Å². The molecule has 3 rings (SSSR count). The Balaban J connectivity index is 1.67. The summed E-state index contributed by atoms with van der Waals surface area (Å²) in [6.07, 6.45) is -5.35. The number of ether oxygens (including phenoxy) is 1. The fourth-order valence-electron chi connectivity index (χ4n) is 2.80. The van der Waals surface area contributed by atoms with Crippen molar-refractivity contribution in [2.45, 2.75) is 32.7 Å². The van der Waals surface area contributed by atoms with Crippen LogP contribution in [0.15, 0.2) is 36.4 Å². The second-order valence-corrected chi connectivity index (χ2v) is 6.66. The summed E-state index contributed by atoms with van der Waals surface area (Å²) in [5.41, 5.74) is 1.99. The number of fused-ring (bicyclic) bond motifs is 1. The van der Waals surface area contributed by atoms with Gasteiger partial charge in [-0.05, 0) is 54.8 Å². The monoisotopic (exact) mass is 392 g/mol. The molecule has 1 aliphatic rings. The van der Waals surface area contributed by atoms with Gasteiger partial charge in [-0.3, -0.25) is 9.59 Å². The number of benzene rings is 2. The lowest BCUT2D eigenvalue weighted by molar-refractivity contribution is -0.137. The van der Waals surface area contributed by atoms with Crippen LogP contribution in [0.25, 0.3) is 0 Å². The molecule has 2 N–H and O–H groups in total. The Kier molecular flexibility index (Phi) is 5.31. The maximum absolute atomic E-state index is 12.6. The van der Waals surface area contributed by atoms with Gasteiger partial charge in [0.25, 0.3) is 11.8 Å². The Hall–Kier alpha value is -3.03. The Morgan fingerprint density at radius 3 is 2.46 bits per heavy atom. The van der Waals surface area contributed by atoms with Gasteiger partial charge in [0.15, 0.2) is 6.10 Å². The van der Waals surface area contributed by atoms with Gasteiger partial charge in [0, 0.05) is 6.54 Å². The third-order valence-corrected chi connectivity index (χ3v) is 4.60. The maximum atomic E-state index is 12.6. The number of rotatable bonds is 3. The Morgan fingerprint density at radius 1 is 1.18 bits per heavy atom. The summed E-state index contributed by atoms with van der Waals surface area (Å²) in [7, 11) is 0. The van der Waals surface area contributed by atoms with Crippen molar-refractivity contribution in [2.24, 2.45) is 0 Å². The normalized spacial score (nSPS) is 16.5. The summed E-state index contributed by atoms with van der Waals surface area (Å²) in [6, 6.07) is 7.96. The van der Waals surface area contributed by atoms with Crippen LogP contribution in [0.1, 0.15) is 32.6 Å². The van der Waals surface area contributed by atoms with E-state index in [1.807, 2.05) is 13.8 Å². The molecule has 0 unspecified atom stereocenters. The first kappa shape index (κ1) is 19.7. The second-order valence-electron chi connectivity index (χ2n) is 6.66. The molecule has 0 spiro atoms. The molecule has 0 aromatic heterocycles. The fraction of sp³-hybridized carbons (Fsp3) is 0.300. The first-order valence-electron chi connectivity index (χ1n) is 8.65. The molecule has 5 nitrogen and oxygen atoms in total. The molecule has 2 amide bonds. The zero-order chi connectivity index (χ0) is 20.5. The van der Waals surface area contributed by atoms with E-state index >= 15 is 0 Å². The van der Waals surface area contributed by atoms with Crippen molar-refractivity contribution in [3.63, 3.8) is 0 Å². The Morgan fingerprint density at radius 2 is 1.82 bits per heavy atom. The van der Waals surface area contributed by atoms with Crippen molar-refractivity contribution in [3.05, 3.63) is 64.2 Å². The summed E-state index contributed by atoms with van der Waals surface area (Å²) in [5.74, 6) is -0.463. The third-order valence-electron chi connectivity index (χ3n) is 4.60. The highest BCUT2D eigenvalue weighted by Crippen LogP contribution is 2.29. The predicted molar refractivity (Wildman–Crippen MR) is 96.0 cm³/mol. The minimum Gasteiger partial charge on any atom is -0.478 e. The average molecular weight is 392 g/mol. The topological polar surface area (TPSA) is 67.4 Å². The van der Waals surface area contributed by atoms with Crippen molar-refractivity contribution in [1.82, 2.24) is 10.6 Å². The molecule has 2 aromatic rings. The molecule has 0 saturated heterocycles. The van der Waals surface area contributed by atoms with Crippen LogP contribution in [0.2, 0.25) is 0 Å². The lowest BCUT2D eigenvalue weighted by Gasteiger charge is -2.17. The molecule has 2 aromatic carbocycles. The number of amides is 2. The van der Waals surface area contributed by atoms with Crippen molar-refractivity contribution in [1.29, 1.82) is 0 Å². The van der Waals surface area contributed by atoms with Gasteiger partial charge in [-0.15, -0.1) is 0 Å². The summed E-state index contributed by atoms with van der Waals surface area (Å²) >= 11 is 0. The molecular formula is C20H19F3N2O3. The number of halogens is 3. The van der Waals surface area contributed by atoms with E-state index in [0.29, 0.717) is 16.9 Å². The number of hydrogen-bond donors (Lipinski definition) is 2. The Bertz CT molecular complexity index is 908. The minimum absolute atomic E-state index is 0.00947. The largest absolute Gasteiger partial charge is 0.478 e. The zero-order valence-electron chi connectivity index (χ0n) is 15.3. The fourth-order valence-corrected chi connectivity index (χ4v) is 2.80. The molecule has 1 heterocycles. The van der Waals surface area contributed by atoms with Crippen LogP contribution in [0.3, 0.4) is 0 Å².